The Morgan fingerprint density at radius 2 is 1.76 bits per heavy atom. The lowest BCUT2D eigenvalue weighted by Gasteiger charge is -2.38. The van der Waals surface area contributed by atoms with Crippen LogP contribution in [-0.4, -0.2) is 35.7 Å². The molecule has 0 unspecified atom stereocenters. The number of carbonyl (C=O) groups is 2. The van der Waals surface area contributed by atoms with Crippen molar-refractivity contribution >= 4 is 11.9 Å². The van der Waals surface area contributed by atoms with Crippen molar-refractivity contribution in [2.24, 2.45) is 5.41 Å². The van der Waals surface area contributed by atoms with E-state index in [1.54, 1.807) is 27.7 Å². The van der Waals surface area contributed by atoms with Gasteiger partial charge in [-0.1, -0.05) is 0 Å². The molecule has 5 heteroatoms. The molecule has 0 radical (unpaired) electrons. The number of hydrogen-bond donors (Lipinski definition) is 2. The van der Waals surface area contributed by atoms with Crippen molar-refractivity contribution in [1.29, 1.82) is 0 Å². The minimum absolute atomic E-state index is 0.197. The van der Waals surface area contributed by atoms with E-state index in [-0.39, 0.29) is 12.3 Å². The van der Waals surface area contributed by atoms with Gasteiger partial charge in [0.1, 0.15) is 0 Å². The Labute approximate surface area is 103 Å². The molecule has 0 aromatic heterocycles. The first kappa shape index (κ1) is 15.9. The van der Waals surface area contributed by atoms with Gasteiger partial charge in [0, 0.05) is 18.6 Å². The quantitative estimate of drug-likeness (QED) is 0.665. The summed E-state index contributed by atoms with van der Waals surface area (Å²) in [4.78, 5) is 22.8. The SMILES string of the molecule is CCOCCC(=O)NC(C)(C)C(C)(C)C(=O)O. The number of ether oxygens (including phenoxy) is 1. The molecule has 0 saturated heterocycles. The van der Waals surface area contributed by atoms with E-state index in [9.17, 15) is 9.59 Å². The summed E-state index contributed by atoms with van der Waals surface area (Å²) in [6, 6.07) is 0. The first-order valence-corrected chi connectivity index (χ1v) is 5.77. The summed E-state index contributed by atoms with van der Waals surface area (Å²) >= 11 is 0. The zero-order valence-electron chi connectivity index (χ0n) is 11.3. The fraction of sp³-hybridized carbons (Fsp3) is 0.833. The second kappa shape index (κ2) is 6.00. The Hall–Kier alpha value is -1.10. The highest BCUT2D eigenvalue weighted by atomic mass is 16.5. The van der Waals surface area contributed by atoms with Crippen LogP contribution >= 0.6 is 0 Å². The van der Waals surface area contributed by atoms with Crippen LogP contribution in [0.3, 0.4) is 0 Å². The number of carboxylic acid groups (broad SMARTS) is 1. The molecule has 0 rings (SSSR count). The van der Waals surface area contributed by atoms with Crippen molar-refractivity contribution in [3.05, 3.63) is 0 Å². The zero-order valence-corrected chi connectivity index (χ0v) is 11.3. The Morgan fingerprint density at radius 3 is 2.18 bits per heavy atom. The Kier molecular flexibility index (Phi) is 5.61. The van der Waals surface area contributed by atoms with Crippen LogP contribution < -0.4 is 5.32 Å². The number of amides is 1. The molecule has 0 heterocycles. The van der Waals surface area contributed by atoms with E-state index in [1.165, 1.54) is 0 Å². The van der Waals surface area contributed by atoms with Gasteiger partial charge >= 0.3 is 5.97 Å². The monoisotopic (exact) mass is 245 g/mol. The fourth-order valence-corrected chi connectivity index (χ4v) is 1.14. The lowest BCUT2D eigenvalue weighted by molar-refractivity contribution is -0.151. The maximum atomic E-state index is 11.6. The summed E-state index contributed by atoms with van der Waals surface area (Å²) in [6.07, 6.45) is 0.243. The van der Waals surface area contributed by atoms with Crippen molar-refractivity contribution < 1.29 is 19.4 Å². The molecule has 0 spiro atoms. The maximum Gasteiger partial charge on any atom is 0.311 e. The normalized spacial score (nSPS) is 12.3. The first-order valence-electron chi connectivity index (χ1n) is 5.77. The molecule has 2 N–H and O–H groups in total. The van der Waals surface area contributed by atoms with Crippen LogP contribution in [0.25, 0.3) is 0 Å². The maximum absolute atomic E-state index is 11.6. The third-order valence-electron chi connectivity index (χ3n) is 3.23. The predicted molar refractivity (Wildman–Crippen MR) is 64.7 cm³/mol. The van der Waals surface area contributed by atoms with E-state index < -0.39 is 16.9 Å². The molecule has 0 aromatic rings. The van der Waals surface area contributed by atoms with Crippen LogP contribution in [0.2, 0.25) is 0 Å². The number of carboxylic acids is 1. The molecule has 0 aliphatic heterocycles. The fourth-order valence-electron chi connectivity index (χ4n) is 1.14. The number of rotatable bonds is 7. The van der Waals surface area contributed by atoms with E-state index in [2.05, 4.69) is 5.32 Å². The van der Waals surface area contributed by atoms with Crippen molar-refractivity contribution in [2.75, 3.05) is 13.2 Å². The molecule has 0 aromatic carbocycles. The smallest absolute Gasteiger partial charge is 0.311 e. The summed E-state index contributed by atoms with van der Waals surface area (Å²) < 4.78 is 5.07. The molecule has 0 aliphatic carbocycles. The molecule has 5 nitrogen and oxygen atoms in total. The summed E-state index contributed by atoms with van der Waals surface area (Å²) in [5.41, 5.74) is -1.85. The minimum Gasteiger partial charge on any atom is -0.481 e. The highest BCUT2D eigenvalue weighted by Crippen LogP contribution is 2.30. The van der Waals surface area contributed by atoms with Crippen LogP contribution in [-0.2, 0) is 14.3 Å². The topological polar surface area (TPSA) is 75.6 Å². The number of hydrogen-bond acceptors (Lipinski definition) is 3. The third kappa shape index (κ3) is 4.34. The molecule has 0 atom stereocenters. The number of nitrogens with one attached hydrogen (secondary N) is 1. The second-order valence-corrected chi connectivity index (χ2v) is 5.05. The van der Waals surface area contributed by atoms with Crippen LogP contribution in [0, 0.1) is 5.41 Å². The summed E-state index contributed by atoms with van der Waals surface area (Å²) in [7, 11) is 0. The van der Waals surface area contributed by atoms with Crippen molar-refractivity contribution in [3.63, 3.8) is 0 Å². The van der Waals surface area contributed by atoms with Crippen LogP contribution in [0.4, 0.5) is 0 Å². The highest BCUT2D eigenvalue weighted by Gasteiger charge is 2.44. The van der Waals surface area contributed by atoms with Crippen molar-refractivity contribution in [2.45, 2.75) is 46.6 Å². The van der Waals surface area contributed by atoms with Gasteiger partial charge in [0.25, 0.3) is 0 Å². The number of aliphatic carboxylic acids is 1. The molecule has 0 aliphatic rings. The summed E-state index contributed by atoms with van der Waals surface area (Å²) in [6.45, 7) is 9.38. The predicted octanol–water partition coefficient (Wildman–Crippen LogP) is 1.42. The standard InChI is InChI=1S/C12H23NO4/c1-6-17-8-7-9(14)13-12(4,5)11(2,3)10(15)16/h6-8H2,1-5H3,(H,13,14)(H,15,16). The van der Waals surface area contributed by atoms with E-state index in [4.69, 9.17) is 9.84 Å². The minimum atomic E-state index is -1.03. The lowest BCUT2D eigenvalue weighted by Crippen LogP contribution is -2.57. The Bertz CT molecular complexity index is 284. The van der Waals surface area contributed by atoms with Gasteiger partial charge in [-0.25, -0.2) is 0 Å². The third-order valence-corrected chi connectivity index (χ3v) is 3.23. The van der Waals surface area contributed by atoms with E-state index in [0.29, 0.717) is 13.2 Å². The van der Waals surface area contributed by atoms with Crippen molar-refractivity contribution in [3.8, 4) is 0 Å². The number of carbonyl (C=O) groups excluding carboxylic acids is 1. The van der Waals surface area contributed by atoms with E-state index >= 15 is 0 Å². The molecule has 0 bridgehead atoms. The van der Waals surface area contributed by atoms with Gasteiger partial charge < -0.3 is 15.2 Å². The second-order valence-electron chi connectivity index (χ2n) is 5.05. The van der Waals surface area contributed by atoms with Gasteiger partial charge in [-0.05, 0) is 34.6 Å². The summed E-state index contributed by atoms with van der Waals surface area (Å²) in [5, 5.41) is 11.9. The molecule has 0 saturated carbocycles. The molecule has 1 amide bonds. The highest BCUT2D eigenvalue weighted by molar-refractivity contribution is 5.80. The van der Waals surface area contributed by atoms with E-state index in [1.807, 2.05) is 6.92 Å². The average Bonchev–Trinajstić information content (AvgIpc) is 2.16. The van der Waals surface area contributed by atoms with Crippen LogP contribution in [0.15, 0.2) is 0 Å². The van der Waals surface area contributed by atoms with Crippen LogP contribution in [0.5, 0.6) is 0 Å². The molecule has 0 fully saturated rings. The Balaban J connectivity index is 4.44. The van der Waals surface area contributed by atoms with Crippen molar-refractivity contribution in [1.82, 2.24) is 5.32 Å². The molecular weight excluding hydrogens is 222 g/mol. The zero-order chi connectivity index (χ0) is 13.7. The lowest BCUT2D eigenvalue weighted by atomic mass is 9.74. The first-order chi connectivity index (χ1) is 7.65. The van der Waals surface area contributed by atoms with Gasteiger partial charge in [-0.2, -0.15) is 0 Å². The van der Waals surface area contributed by atoms with Gasteiger partial charge in [0.2, 0.25) is 5.91 Å². The largest absolute Gasteiger partial charge is 0.481 e. The van der Waals surface area contributed by atoms with Gasteiger partial charge in [0.15, 0.2) is 0 Å². The Morgan fingerprint density at radius 1 is 1.24 bits per heavy atom. The average molecular weight is 245 g/mol. The van der Waals surface area contributed by atoms with E-state index in [0.717, 1.165) is 0 Å². The van der Waals surface area contributed by atoms with Gasteiger partial charge in [-0.3, -0.25) is 9.59 Å². The molecule has 100 valence electrons. The molecule has 17 heavy (non-hydrogen) atoms. The van der Waals surface area contributed by atoms with Crippen LogP contribution in [0.1, 0.15) is 41.0 Å². The molecular formula is C12H23NO4. The van der Waals surface area contributed by atoms with Gasteiger partial charge in [-0.15, -0.1) is 0 Å². The van der Waals surface area contributed by atoms with Gasteiger partial charge in [0.05, 0.1) is 12.0 Å². The summed E-state index contributed by atoms with van der Waals surface area (Å²) in [5.74, 6) is -1.13.